The number of hydrogen-bond acceptors (Lipinski definition) is 1. The lowest BCUT2D eigenvalue weighted by molar-refractivity contribution is -0.140. The second kappa shape index (κ2) is 3.05. The first-order valence-electron chi connectivity index (χ1n) is 3.48. The second-order valence-electron chi connectivity index (χ2n) is 2.62. The van der Waals surface area contributed by atoms with Crippen molar-refractivity contribution in [2.24, 2.45) is 5.92 Å². The van der Waals surface area contributed by atoms with Crippen LogP contribution in [0.3, 0.4) is 0 Å². The van der Waals surface area contributed by atoms with Gasteiger partial charge >= 0.3 is 5.97 Å². The summed E-state index contributed by atoms with van der Waals surface area (Å²) in [7, 11) is 0. The molecule has 1 aliphatic carbocycles. The lowest BCUT2D eigenvalue weighted by Gasteiger charge is -2.21. The van der Waals surface area contributed by atoms with E-state index in [9.17, 15) is 13.6 Å². The minimum Gasteiger partial charge on any atom is -0.481 e. The molecule has 2 nitrogen and oxygen atoms in total. The van der Waals surface area contributed by atoms with Gasteiger partial charge in [0.15, 0.2) is 0 Å². The summed E-state index contributed by atoms with van der Waals surface area (Å²) < 4.78 is 25.7. The van der Waals surface area contributed by atoms with Crippen molar-refractivity contribution >= 4 is 5.97 Å². The fourth-order valence-electron chi connectivity index (χ4n) is 1.03. The van der Waals surface area contributed by atoms with Crippen molar-refractivity contribution in [1.82, 2.24) is 0 Å². The van der Waals surface area contributed by atoms with Crippen LogP contribution in [-0.2, 0) is 4.79 Å². The average molecular weight is 174 g/mol. The van der Waals surface area contributed by atoms with Crippen molar-refractivity contribution in [3.63, 3.8) is 0 Å². The van der Waals surface area contributed by atoms with Crippen LogP contribution < -0.4 is 0 Å². The number of carboxylic acids is 1. The molecule has 1 unspecified atom stereocenters. The van der Waals surface area contributed by atoms with Crippen molar-refractivity contribution in [1.29, 1.82) is 0 Å². The summed E-state index contributed by atoms with van der Waals surface area (Å²) >= 11 is 0. The number of allylic oxidation sites excluding steroid dienone is 4. The number of rotatable bonds is 2. The van der Waals surface area contributed by atoms with Gasteiger partial charge in [0.05, 0.1) is 12.3 Å². The molecule has 1 rings (SSSR count). The predicted octanol–water partition coefficient (Wildman–Crippen LogP) is 1.84. The van der Waals surface area contributed by atoms with Crippen LogP contribution in [0, 0.1) is 5.92 Å². The smallest absolute Gasteiger partial charge is 0.304 e. The Hall–Kier alpha value is -1.19. The summed E-state index contributed by atoms with van der Waals surface area (Å²) in [6.07, 6.45) is 4.06. The first kappa shape index (κ1) is 8.90. The quantitative estimate of drug-likeness (QED) is 0.693. The lowest BCUT2D eigenvalue weighted by atomic mass is 9.93. The van der Waals surface area contributed by atoms with Crippen molar-refractivity contribution in [3.05, 3.63) is 24.3 Å². The van der Waals surface area contributed by atoms with Crippen LogP contribution in [0.1, 0.15) is 6.42 Å². The number of carboxylic acid groups (broad SMARTS) is 1. The Labute approximate surface area is 68.2 Å². The molecule has 0 spiro atoms. The largest absolute Gasteiger partial charge is 0.481 e. The van der Waals surface area contributed by atoms with E-state index in [1.165, 1.54) is 18.2 Å². The molecule has 0 aromatic rings. The van der Waals surface area contributed by atoms with Gasteiger partial charge in [-0.25, -0.2) is 8.78 Å². The summed E-state index contributed by atoms with van der Waals surface area (Å²) in [5.74, 6) is -5.44. The molecule has 0 heterocycles. The van der Waals surface area contributed by atoms with Gasteiger partial charge in [-0.05, 0) is 6.08 Å². The van der Waals surface area contributed by atoms with Crippen molar-refractivity contribution in [2.45, 2.75) is 12.3 Å². The fraction of sp³-hybridized carbons (Fsp3) is 0.375. The minimum absolute atomic E-state index is 0.534. The van der Waals surface area contributed by atoms with Gasteiger partial charge in [0, 0.05) is 0 Å². The maximum absolute atomic E-state index is 12.8. The first-order chi connectivity index (χ1) is 5.52. The zero-order valence-corrected chi connectivity index (χ0v) is 6.21. The van der Waals surface area contributed by atoms with Crippen molar-refractivity contribution in [2.75, 3.05) is 0 Å². The maximum atomic E-state index is 12.8. The van der Waals surface area contributed by atoms with Gasteiger partial charge in [0.1, 0.15) is 0 Å². The van der Waals surface area contributed by atoms with Gasteiger partial charge in [0.25, 0.3) is 5.92 Å². The summed E-state index contributed by atoms with van der Waals surface area (Å²) in [6.45, 7) is 0. The molecule has 0 aromatic heterocycles. The Morgan fingerprint density at radius 3 is 2.67 bits per heavy atom. The molecule has 12 heavy (non-hydrogen) atoms. The molecular formula is C8H8F2O2. The van der Waals surface area contributed by atoms with E-state index in [2.05, 4.69) is 0 Å². The monoisotopic (exact) mass is 174 g/mol. The highest BCUT2D eigenvalue weighted by molar-refractivity contribution is 5.67. The van der Waals surface area contributed by atoms with Gasteiger partial charge in [-0.2, -0.15) is 0 Å². The highest BCUT2D eigenvalue weighted by atomic mass is 19.3. The lowest BCUT2D eigenvalue weighted by Crippen LogP contribution is -2.27. The number of hydrogen-bond donors (Lipinski definition) is 1. The molecule has 4 heteroatoms. The number of alkyl halides is 2. The van der Waals surface area contributed by atoms with Gasteiger partial charge in [-0.3, -0.25) is 4.79 Å². The topological polar surface area (TPSA) is 37.3 Å². The zero-order valence-electron chi connectivity index (χ0n) is 6.21. The Balaban J connectivity index is 2.70. The number of carbonyl (C=O) groups is 1. The Kier molecular flexibility index (Phi) is 2.26. The Bertz CT molecular complexity index is 243. The van der Waals surface area contributed by atoms with Crippen LogP contribution in [0.15, 0.2) is 24.3 Å². The SMILES string of the molecule is O=C(O)CC1C=CC=CC1(F)F. The van der Waals surface area contributed by atoms with E-state index in [1.807, 2.05) is 0 Å². The third-order valence-corrected chi connectivity index (χ3v) is 1.66. The highest BCUT2D eigenvalue weighted by Gasteiger charge is 2.37. The van der Waals surface area contributed by atoms with Gasteiger partial charge in [-0.1, -0.05) is 18.2 Å². The van der Waals surface area contributed by atoms with Crippen LogP contribution in [0.25, 0.3) is 0 Å². The summed E-state index contributed by atoms with van der Waals surface area (Å²) in [4.78, 5) is 10.2. The molecule has 0 amide bonds. The molecule has 0 saturated carbocycles. The Morgan fingerprint density at radius 2 is 2.17 bits per heavy atom. The van der Waals surface area contributed by atoms with E-state index >= 15 is 0 Å². The molecule has 0 saturated heterocycles. The zero-order chi connectivity index (χ0) is 9.19. The molecule has 1 N–H and O–H groups in total. The van der Waals surface area contributed by atoms with Gasteiger partial charge < -0.3 is 5.11 Å². The standard InChI is InChI=1S/C8H8F2O2/c9-8(10)4-2-1-3-6(8)5-7(11)12/h1-4,6H,5H2,(H,11,12). The van der Waals surface area contributed by atoms with Crippen LogP contribution in [0.5, 0.6) is 0 Å². The number of aliphatic carboxylic acids is 1. The second-order valence-corrected chi connectivity index (χ2v) is 2.62. The molecule has 1 aliphatic rings. The van der Waals surface area contributed by atoms with E-state index in [0.717, 1.165) is 6.08 Å². The van der Waals surface area contributed by atoms with Gasteiger partial charge in [0.2, 0.25) is 0 Å². The Morgan fingerprint density at radius 1 is 1.50 bits per heavy atom. The predicted molar refractivity (Wildman–Crippen MR) is 39.0 cm³/mol. The van der Waals surface area contributed by atoms with E-state index in [1.54, 1.807) is 0 Å². The molecule has 0 bridgehead atoms. The van der Waals surface area contributed by atoms with E-state index in [-0.39, 0.29) is 0 Å². The fourth-order valence-corrected chi connectivity index (χ4v) is 1.03. The van der Waals surface area contributed by atoms with Crippen molar-refractivity contribution in [3.8, 4) is 0 Å². The minimum atomic E-state index is -3.02. The van der Waals surface area contributed by atoms with Crippen LogP contribution in [0.4, 0.5) is 8.78 Å². The molecule has 0 aliphatic heterocycles. The molecule has 0 radical (unpaired) electrons. The number of halogens is 2. The molecular weight excluding hydrogens is 166 g/mol. The third kappa shape index (κ3) is 1.90. The van der Waals surface area contributed by atoms with Crippen LogP contribution in [0.2, 0.25) is 0 Å². The average Bonchev–Trinajstić information content (AvgIpc) is 1.92. The van der Waals surface area contributed by atoms with Crippen LogP contribution in [-0.4, -0.2) is 17.0 Å². The normalized spacial score (nSPS) is 25.7. The summed E-state index contributed by atoms with van der Waals surface area (Å²) in [6, 6.07) is 0. The van der Waals surface area contributed by atoms with E-state index in [4.69, 9.17) is 5.11 Å². The summed E-state index contributed by atoms with van der Waals surface area (Å²) in [5.41, 5.74) is 0. The van der Waals surface area contributed by atoms with E-state index in [0.29, 0.717) is 0 Å². The molecule has 0 aromatic carbocycles. The molecule has 66 valence electrons. The maximum Gasteiger partial charge on any atom is 0.304 e. The molecule has 0 fully saturated rings. The van der Waals surface area contributed by atoms with E-state index < -0.39 is 24.2 Å². The van der Waals surface area contributed by atoms with Gasteiger partial charge in [-0.15, -0.1) is 0 Å². The first-order valence-corrected chi connectivity index (χ1v) is 3.48. The summed E-state index contributed by atoms with van der Waals surface area (Å²) in [5, 5.41) is 8.31. The van der Waals surface area contributed by atoms with Crippen LogP contribution >= 0.6 is 0 Å². The highest BCUT2D eigenvalue weighted by Crippen LogP contribution is 2.32. The third-order valence-electron chi connectivity index (χ3n) is 1.66. The van der Waals surface area contributed by atoms with Crippen molar-refractivity contribution < 1.29 is 18.7 Å². The molecule has 1 atom stereocenters.